The lowest BCUT2D eigenvalue weighted by molar-refractivity contribution is -0.138. The maximum atomic E-state index is 10.8. The van der Waals surface area contributed by atoms with E-state index >= 15 is 0 Å². The van der Waals surface area contributed by atoms with E-state index in [1.807, 2.05) is 6.07 Å². The van der Waals surface area contributed by atoms with Crippen LogP contribution >= 0.6 is 11.6 Å². The Labute approximate surface area is 90.7 Å². The van der Waals surface area contributed by atoms with Gasteiger partial charge in [-0.15, -0.1) is 0 Å². The van der Waals surface area contributed by atoms with E-state index in [9.17, 15) is 4.79 Å². The van der Waals surface area contributed by atoms with Crippen LogP contribution in [0.1, 0.15) is 11.6 Å². The average molecular weight is 225 g/mol. The maximum Gasteiger partial charge on any atom is 0.325 e. The highest BCUT2D eigenvalue weighted by molar-refractivity contribution is 6.36. The lowest BCUT2D eigenvalue weighted by atomic mass is 10.0. The van der Waals surface area contributed by atoms with E-state index in [0.29, 0.717) is 16.0 Å². The number of carbonyl (C=O) groups is 1. The van der Waals surface area contributed by atoms with Crippen molar-refractivity contribution < 1.29 is 9.90 Å². The summed E-state index contributed by atoms with van der Waals surface area (Å²) in [5.41, 5.74) is 6.87. The van der Waals surface area contributed by atoms with Gasteiger partial charge in [-0.3, -0.25) is 4.79 Å². The molecule has 0 radical (unpaired) electrons. The minimum Gasteiger partial charge on any atom is -0.480 e. The van der Waals surface area contributed by atoms with Crippen LogP contribution < -0.4 is 5.73 Å². The van der Waals surface area contributed by atoms with Crippen molar-refractivity contribution in [3.05, 3.63) is 35.0 Å². The zero-order valence-corrected chi connectivity index (χ0v) is 8.45. The van der Waals surface area contributed by atoms with Crippen LogP contribution in [0.4, 0.5) is 0 Å². The van der Waals surface area contributed by atoms with E-state index in [0.717, 1.165) is 5.52 Å². The number of carboxylic acids is 1. The summed E-state index contributed by atoms with van der Waals surface area (Å²) in [4.78, 5) is 13.7. The zero-order valence-electron chi connectivity index (χ0n) is 7.70. The molecule has 0 fully saturated rings. The van der Waals surface area contributed by atoms with Crippen molar-refractivity contribution in [2.75, 3.05) is 0 Å². The first-order valence-corrected chi connectivity index (χ1v) is 4.73. The first-order valence-electron chi connectivity index (χ1n) is 4.35. The summed E-state index contributed by atoms with van der Waals surface area (Å²) in [6.45, 7) is 0. The van der Waals surface area contributed by atoms with Crippen molar-refractivity contribution >= 4 is 28.5 Å². The van der Waals surface area contributed by atoms with Crippen LogP contribution in [0, 0.1) is 0 Å². The van der Waals surface area contributed by atoms with Crippen LogP contribution in [-0.2, 0) is 4.79 Å². The molecule has 1 aromatic carbocycles. The molecule has 4 N–H and O–H groups in total. The highest BCUT2D eigenvalue weighted by atomic mass is 35.5. The molecule has 0 aliphatic rings. The van der Waals surface area contributed by atoms with Crippen molar-refractivity contribution in [1.82, 2.24) is 4.98 Å². The maximum absolute atomic E-state index is 10.8. The normalized spacial score (nSPS) is 12.9. The second kappa shape index (κ2) is 3.56. The van der Waals surface area contributed by atoms with Crippen LogP contribution in [0.15, 0.2) is 24.4 Å². The van der Waals surface area contributed by atoms with E-state index in [2.05, 4.69) is 4.98 Å². The molecule has 78 valence electrons. The van der Waals surface area contributed by atoms with Crippen molar-refractivity contribution in [3.63, 3.8) is 0 Å². The van der Waals surface area contributed by atoms with E-state index < -0.39 is 12.0 Å². The third-order valence-corrected chi connectivity index (χ3v) is 2.59. The first-order chi connectivity index (χ1) is 7.11. The Morgan fingerprint density at radius 3 is 2.93 bits per heavy atom. The summed E-state index contributed by atoms with van der Waals surface area (Å²) in [5, 5.41) is 10.0. The number of aliphatic carboxylic acids is 1. The Morgan fingerprint density at radius 1 is 1.53 bits per heavy atom. The number of carboxylic acid groups (broad SMARTS) is 1. The van der Waals surface area contributed by atoms with Gasteiger partial charge < -0.3 is 15.8 Å². The number of nitrogens with two attached hydrogens (primary N) is 1. The van der Waals surface area contributed by atoms with Gasteiger partial charge in [0.1, 0.15) is 6.04 Å². The monoisotopic (exact) mass is 224 g/mol. The molecule has 0 aliphatic heterocycles. The minimum atomic E-state index is -1.07. The smallest absolute Gasteiger partial charge is 0.325 e. The summed E-state index contributed by atoms with van der Waals surface area (Å²) in [6.07, 6.45) is 1.62. The van der Waals surface area contributed by atoms with E-state index in [-0.39, 0.29) is 0 Å². The Hall–Kier alpha value is -1.52. The number of fused-ring (bicyclic) bond motifs is 1. The topological polar surface area (TPSA) is 79.1 Å². The highest BCUT2D eigenvalue weighted by Gasteiger charge is 2.18. The molecule has 5 heteroatoms. The van der Waals surface area contributed by atoms with Gasteiger partial charge in [0.15, 0.2) is 0 Å². The fraction of sp³-hybridized carbons (Fsp3) is 0.100. The molecule has 0 aliphatic carbocycles. The number of aromatic amines is 1. The number of halogens is 1. The van der Waals surface area contributed by atoms with E-state index in [4.69, 9.17) is 22.4 Å². The molecule has 2 aromatic rings. The number of aromatic nitrogens is 1. The number of rotatable bonds is 2. The molecule has 1 heterocycles. The highest BCUT2D eigenvalue weighted by Crippen LogP contribution is 2.29. The van der Waals surface area contributed by atoms with Crippen LogP contribution in [-0.4, -0.2) is 16.1 Å². The Balaban J connectivity index is 2.69. The van der Waals surface area contributed by atoms with E-state index in [1.54, 1.807) is 18.3 Å². The van der Waals surface area contributed by atoms with Gasteiger partial charge in [-0.1, -0.05) is 23.7 Å². The van der Waals surface area contributed by atoms with Gasteiger partial charge in [0.05, 0.1) is 5.02 Å². The molecule has 1 aromatic heterocycles. The second-order valence-electron chi connectivity index (χ2n) is 3.22. The molecular formula is C10H9ClN2O2. The van der Waals surface area contributed by atoms with Crippen LogP contribution in [0.3, 0.4) is 0 Å². The SMILES string of the molecule is NC(C(=O)O)c1cccc2[nH]cc(Cl)c12. The van der Waals surface area contributed by atoms with Gasteiger partial charge in [-0.05, 0) is 11.6 Å². The molecule has 1 atom stereocenters. The van der Waals surface area contributed by atoms with Crippen LogP contribution in [0.25, 0.3) is 10.9 Å². The minimum absolute atomic E-state index is 0.484. The van der Waals surface area contributed by atoms with Crippen molar-refractivity contribution in [1.29, 1.82) is 0 Å². The second-order valence-corrected chi connectivity index (χ2v) is 3.63. The number of hydrogen-bond donors (Lipinski definition) is 3. The summed E-state index contributed by atoms with van der Waals surface area (Å²) >= 11 is 5.95. The summed E-state index contributed by atoms with van der Waals surface area (Å²) in [7, 11) is 0. The molecule has 0 spiro atoms. The van der Waals surface area contributed by atoms with Gasteiger partial charge in [-0.2, -0.15) is 0 Å². The Morgan fingerprint density at radius 2 is 2.27 bits per heavy atom. The van der Waals surface area contributed by atoms with Gasteiger partial charge >= 0.3 is 5.97 Å². The Bertz CT molecular complexity index is 521. The molecule has 2 rings (SSSR count). The lowest BCUT2D eigenvalue weighted by Crippen LogP contribution is -2.20. The molecular weight excluding hydrogens is 216 g/mol. The van der Waals surface area contributed by atoms with Crippen LogP contribution in [0.5, 0.6) is 0 Å². The molecule has 0 amide bonds. The lowest BCUT2D eigenvalue weighted by Gasteiger charge is -2.08. The Kier molecular flexibility index (Phi) is 2.38. The number of hydrogen-bond acceptors (Lipinski definition) is 2. The van der Waals surface area contributed by atoms with Crippen molar-refractivity contribution in [3.8, 4) is 0 Å². The van der Waals surface area contributed by atoms with Gasteiger partial charge in [0, 0.05) is 17.1 Å². The molecule has 0 saturated carbocycles. The molecule has 4 nitrogen and oxygen atoms in total. The first kappa shape index (κ1) is 10.0. The largest absolute Gasteiger partial charge is 0.480 e. The summed E-state index contributed by atoms with van der Waals surface area (Å²) in [6, 6.07) is 4.18. The van der Waals surface area contributed by atoms with E-state index in [1.165, 1.54) is 0 Å². The third-order valence-electron chi connectivity index (χ3n) is 2.29. The molecule has 0 bridgehead atoms. The standard InChI is InChI=1S/C10H9ClN2O2/c11-6-4-13-7-3-1-2-5(8(6)7)9(12)10(14)15/h1-4,9,13H,12H2,(H,14,15). The third kappa shape index (κ3) is 1.58. The molecule has 1 unspecified atom stereocenters. The quantitative estimate of drug-likeness (QED) is 0.729. The summed E-state index contributed by atoms with van der Waals surface area (Å²) in [5.74, 6) is -1.07. The predicted molar refractivity (Wildman–Crippen MR) is 57.9 cm³/mol. The fourth-order valence-electron chi connectivity index (χ4n) is 1.56. The number of benzene rings is 1. The molecule has 0 saturated heterocycles. The van der Waals surface area contributed by atoms with Gasteiger partial charge in [0.2, 0.25) is 0 Å². The fourth-order valence-corrected chi connectivity index (χ4v) is 1.83. The average Bonchev–Trinajstić information content (AvgIpc) is 2.59. The predicted octanol–water partition coefficient (Wildman–Crippen LogP) is 1.91. The van der Waals surface area contributed by atoms with Gasteiger partial charge in [0.25, 0.3) is 0 Å². The van der Waals surface area contributed by atoms with Crippen LogP contribution in [0.2, 0.25) is 5.02 Å². The number of nitrogens with one attached hydrogen (secondary N) is 1. The number of H-pyrrole nitrogens is 1. The van der Waals surface area contributed by atoms with Gasteiger partial charge in [-0.25, -0.2) is 0 Å². The summed E-state index contributed by atoms with van der Waals surface area (Å²) < 4.78 is 0. The zero-order chi connectivity index (χ0) is 11.0. The molecule has 15 heavy (non-hydrogen) atoms. The van der Waals surface area contributed by atoms with Crippen molar-refractivity contribution in [2.24, 2.45) is 5.73 Å². The van der Waals surface area contributed by atoms with Crippen molar-refractivity contribution in [2.45, 2.75) is 6.04 Å².